The van der Waals surface area contributed by atoms with Crippen molar-refractivity contribution >= 4 is 23.3 Å². The quantitative estimate of drug-likeness (QED) is 0.787. The van der Waals surface area contributed by atoms with Gasteiger partial charge in [-0.2, -0.15) is 0 Å². The highest BCUT2D eigenvalue weighted by Gasteiger charge is 2.35. The summed E-state index contributed by atoms with van der Waals surface area (Å²) in [5.74, 6) is -0.191. The van der Waals surface area contributed by atoms with Gasteiger partial charge in [-0.1, -0.05) is 11.2 Å². The molecule has 0 unspecified atom stereocenters. The van der Waals surface area contributed by atoms with Crippen LogP contribution >= 0.6 is 11.3 Å². The molecule has 7 heteroatoms. The highest BCUT2D eigenvalue weighted by Crippen LogP contribution is 2.16. The summed E-state index contributed by atoms with van der Waals surface area (Å²) >= 11 is 1.65. The SMILES string of the molecule is O=C1CN(CCc2cccs2)C(=O)N1Cc1ccon1. The van der Waals surface area contributed by atoms with Gasteiger partial charge in [0.1, 0.15) is 18.5 Å². The van der Waals surface area contributed by atoms with Crippen molar-refractivity contribution in [2.24, 2.45) is 0 Å². The lowest BCUT2D eigenvalue weighted by atomic mass is 10.3. The minimum atomic E-state index is -0.255. The summed E-state index contributed by atoms with van der Waals surface area (Å²) < 4.78 is 4.71. The molecule has 0 bridgehead atoms. The highest BCUT2D eigenvalue weighted by molar-refractivity contribution is 7.09. The van der Waals surface area contributed by atoms with Crippen LogP contribution in [0.15, 0.2) is 34.4 Å². The molecule has 0 aliphatic carbocycles. The van der Waals surface area contributed by atoms with Gasteiger partial charge >= 0.3 is 6.03 Å². The molecule has 2 aromatic heterocycles. The number of urea groups is 1. The van der Waals surface area contributed by atoms with Crippen LogP contribution in [0.25, 0.3) is 0 Å². The maximum atomic E-state index is 12.2. The van der Waals surface area contributed by atoms with Gasteiger partial charge in [0.05, 0.1) is 6.54 Å². The van der Waals surface area contributed by atoms with Gasteiger partial charge in [-0.05, 0) is 17.9 Å². The second-order valence-corrected chi connectivity index (χ2v) is 5.54. The summed E-state index contributed by atoms with van der Waals surface area (Å²) in [6, 6.07) is 5.40. The maximum absolute atomic E-state index is 12.2. The van der Waals surface area contributed by atoms with E-state index in [2.05, 4.69) is 5.16 Å². The molecule has 20 heavy (non-hydrogen) atoms. The number of nitrogens with zero attached hydrogens (tertiary/aromatic N) is 3. The van der Waals surface area contributed by atoms with E-state index in [4.69, 9.17) is 4.52 Å². The van der Waals surface area contributed by atoms with Gasteiger partial charge < -0.3 is 9.42 Å². The first-order valence-corrected chi connectivity index (χ1v) is 7.13. The number of amides is 3. The molecule has 1 fully saturated rings. The number of aromatic nitrogens is 1. The van der Waals surface area contributed by atoms with E-state index >= 15 is 0 Å². The molecule has 3 amide bonds. The summed E-state index contributed by atoms with van der Waals surface area (Å²) in [6.07, 6.45) is 2.20. The number of imide groups is 1. The minimum absolute atomic E-state index is 0.141. The van der Waals surface area contributed by atoms with Crippen LogP contribution in [-0.4, -0.2) is 40.0 Å². The molecule has 0 spiro atoms. The lowest BCUT2D eigenvalue weighted by Crippen LogP contribution is -2.33. The normalized spacial score (nSPS) is 15.4. The second kappa shape index (κ2) is 5.46. The largest absolute Gasteiger partial charge is 0.364 e. The van der Waals surface area contributed by atoms with Crippen molar-refractivity contribution in [2.75, 3.05) is 13.1 Å². The molecule has 0 N–H and O–H groups in total. The van der Waals surface area contributed by atoms with Crippen LogP contribution in [0.3, 0.4) is 0 Å². The number of hydrogen-bond acceptors (Lipinski definition) is 5. The van der Waals surface area contributed by atoms with Crippen LogP contribution in [0, 0.1) is 0 Å². The molecule has 1 aliphatic rings. The van der Waals surface area contributed by atoms with Crippen molar-refractivity contribution in [2.45, 2.75) is 13.0 Å². The first-order valence-electron chi connectivity index (χ1n) is 6.25. The minimum Gasteiger partial charge on any atom is -0.364 e. The van der Waals surface area contributed by atoms with E-state index in [0.717, 1.165) is 6.42 Å². The van der Waals surface area contributed by atoms with Crippen LogP contribution < -0.4 is 0 Å². The molecule has 0 radical (unpaired) electrons. The molecule has 3 heterocycles. The Labute approximate surface area is 119 Å². The fourth-order valence-corrected chi connectivity index (χ4v) is 2.80. The highest BCUT2D eigenvalue weighted by atomic mass is 32.1. The van der Waals surface area contributed by atoms with Gasteiger partial charge in [-0.15, -0.1) is 11.3 Å². The molecule has 2 aromatic rings. The molecule has 3 rings (SSSR count). The van der Waals surface area contributed by atoms with E-state index in [1.165, 1.54) is 16.0 Å². The van der Waals surface area contributed by atoms with Crippen LogP contribution in [0.1, 0.15) is 10.6 Å². The van der Waals surface area contributed by atoms with E-state index in [9.17, 15) is 9.59 Å². The van der Waals surface area contributed by atoms with E-state index in [-0.39, 0.29) is 25.0 Å². The van der Waals surface area contributed by atoms with E-state index in [1.807, 2.05) is 17.5 Å². The van der Waals surface area contributed by atoms with Gasteiger partial charge in [-0.3, -0.25) is 9.69 Å². The topological polar surface area (TPSA) is 66.7 Å². The summed E-state index contributed by atoms with van der Waals surface area (Å²) in [5, 5.41) is 5.73. The van der Waals surface area contributed by atoms with Gasteiger partial charge in [0.2, 0.25) is 0 Å². The third-order valence-corrected chi connectivity index (χ3v) is 4.08. The number of thiophene rings is 1. The Morgan fingerprint density at radius 2 is 2.25 bits per heavy atom. The summed E-state index contributed by atoms with van der Waals surface area (Å²) in [7, 11) is 0. The van der Waals surface area contributed by atoms with Gasteiger partial charge in [0.15, 0.2) is 0 Å². The first kappa shape index (κ1) is 12.9. The lowest BCUT2D eigenvalue weighted by molar-refractivity contribution is -0.125. The Bertz CT molecular complexity index is 594. The fraction of sp³-hybridized carbons (Fsp3) is 0.308. The zero-order chi connectivity index (χ0) is 13.9. The lowest BCUT2D eigenvalue weighted by Gasteiger charge is -2.15. The number of hydrogen-bond donors (Lipinski definition) is 0. The predicted molar refractivity (Wildman–Crippen MR) is 72.0 cm³/mol. The Balaban J connectivity index is 1.61. The Hall–Kier alpha value is -2.15. The zero-order valence-corrected chi connectivity index (χ0v) is 11.5. The van der Waals surface area contributed by atoms with Crippen molar-refractivity contribution in [3.63, 3.8) is 0 Å². The van der Waals surface area contributed by atoms with Crippen LogP contribution in [0.5, 0.6) is 0 Å². The Kier molecular flexibility index (Phi) is 3.51. The second-order valence-electron chi connectivity index (χ2n) is 4.50. The summed E-state index contributed by atoms with van der Waals surface area (Å²) in [4.78, 5) is 28.1. The van der Waals surface area contributed by atoms with E-state index < -0.39 is 0 Å². The monoisotopic (exact) mass is 291 g/mol. The van der Waals surface area contributed by atoms with Crippen LogP contribution in [0.2, 0.25) is 0 Å². The summed E-state index contributed by atoms with van der Waals surface area (Å²) in [5.41, 5.74) is 0.576. The average Bonchev–Trinajstić information content (AvgIpc) is 3.15. The third kappa shape index (κ3) is 2.57. The molecule has 1 aliphatic heterocycles. The zero-order valence-electron chi connectivity index (χ0n) is 10.7. The van der Waals surface area contributed by atoms with Crippen molar-refractivity contribution < 1.29 is 14.1 Å². The van der Waals surface area contributed by atoms with E-state index in [0.29, 0.717) is 12.2 Å². The number of carbonyl (C=O) groups excluding carboxylic acids is 2. The molecule has 0 aromatic carbocycles. The molecular formula is C13H13N3O3S. The van der Waals surface area contributed by atoms with E-state index in [1.54, 1.807) is 22.3 Å². The summed E-state index contributed by atoms with van der Waals surface area (Å²) in [6.45, 7) is 0.867. The van der Waals surface area contributed by atoms with Gasteiger partial charge in [0.25, 0.3) is 5.91 Å². The predicted octanol–water partition coefficient (Wildman–Crippen LogP) is 1.74. The van der Waals surface area contributed by atoms with Crippen LogP contribution in [-0.2, 0) is 17.8 Å². The van der Waals surface area contributed by atoms with Crippen molar-refractivity contribution in [3.8, 4) is 0 Å². The van der Waals surface area contributed by atoms with Crippen LogP contribution in [0.4, 0.5) is 4.79 Å². The average molecular weight is 291 g/mol. The molecule has 0 saturated carbocycles. The molecular weight excluding hydrogens is 278 g/mol. The first-order chi connectivity index (χ1) is 9.74. The van der Waals surface area contributed by atoms with Crippen molar-refractivity contribution in [1.82, 2.24) is 15.0 Å². The molecule has 0 atom stereocenters. The Morgan fingerprint density at radius 3 is 2.95 bits per heavy atom. The van der Waals surface area contributed by atoms with Crippen molar-refractivity contribution in [3.05, 3.63) is 40.4 Å². The molecule has 1 saturated heterocycles. The number of carbonyl (C=O) groups is 2. The maximum Gasteiger partial charge on any atom is 0.327 e. The standard InChI is InChI=1S/C13H13N3O3S/c17-12-9-15(5-3-11-2-1-7-20-11)13(18)16(12)8-10-4-6-19-14-10/h1-2,4,6-7H,3,5,8-9H2. The van der Waals surface area contributed by atoms with Gasteiger partial charge in [0, 0.05) is 17.5 Å². The molecule has 6 nitrogen and oxygen atoms in total. The Morgan fingerprint density at radius 1 is 1.35 bits per heavy atom. The van der Waals surface area contributed by atoms with Gasteiger partial charge in [-0.25, -0.2) is 4.79 Å². The molecule has 104 valence electrons. The van der Waals surface area contributed by atoms with Crippen molar-refractivity contribution in [1.29, 1.82) is 0 Å². The smallest absolute Gasteiger partial charge is 0.327 e. The fourth-order valence-electron chi connectivity index (χ4n) is 2.11. The third-order valence-electron chi connectivity index (χ3n) is 3.15. The number of rotatable bonds is 5.